The number of allylic oxidation sites excluding steroid dienone is 2. The van der Waals surface area contributed by atoms with Crippen molar-refractivity contribution in [2.75, 3.05) is 0 Å². The van der Waals surface area contributed by atoms with Crippen LogP contribution >= 0.6 is 0 Å². The highest BCUT2D eigenvalue weighted by Crippen LogP contribution is 2.41. The number of fused-ring (bicyclic) bond motifs is 6. The smallest absolute Gasteiger partial charge is 0.159 e. The van der Waals surface area contributed by atoms with E-state index in [1.807, 2.05) is 36.4 Å². The van der Waals surface area contributed by atoms with Crippen molar-refractivity contribution in [3.63, 3.8) is 0 Å². The van der Waals surface area contributed by atoms with E-state index >= 15 is 0 Å². The molecular formula is C45H33N5. The van der Waals surface area contributed by atoms with E-state index in [1.165, 1.54) is 49.3 Å². The number of benzene rings is 6. The lowest BCUT2D eigenvalue weighted by molar-refractivity contribution is 0.630. The summed E-state index contributed by atoms with van der Waals surface area (Å²) in [4.78, 5) is 10.1. The third-order valence-corrected chi connectivity index (χ3v) is 10.1. The Morgan fingerprint density at radius 2 is 1.16 bits per heavy atom. The van der Waals surface area contributed by atoms with Crippen LogP contribution in [0.2, 0.25) is 0 Å². The Labute approximate surface area is 289 Å². The minimum Gasteiger partial charge on any atom is -0.344 e. The maximum atomic E-state index is 5.12. The van der Waals surface area contributed by atoms with E-state index in [4.69, 9.17) is 9.98 Å². The molecule has 5 heteroatoms. The van der Waals surface area contributed by atoms with Gasteiger partial charge in [0.15, 0.2) is 5.84 Å². The summed E-state index contributed by atoms with van der Waals surface area (Å²) in [7, 11) is 0. The predicted octanol–water partition coefficient (Wildman–Crippen LogP) is 10.1. The van der Waals surface area contributed by atoms with Crippen LogP contribution in [0.5, 0.6) is 0 Å². The first-order valence-electron chi connectivity index (χ1n) is 17.2. The van der Waals surface area contributed by atoms with Crippen LogP contribution in [0.4, 0.5) is 0 Å². The van der Waals surface area contributed by atoms with Crippen molar-refractivity contribution in [3.05, 3.63) is 187 Å². The number of nitrogens with one attached hydrogen (secondary N) is 1. The summed E-state index contributed by atoms with van der Waals surface area (Å²) in [6, 6.07) is 53.8. The normalized spacial score (nSPS) is 17.6. The second-order valence-corrected chi connectivity index (χ2v) is 13.0. The lowest BCUT2D eigenvalue weighted by Gasteiger charge is -2.27. The van der Waals surface area contributed by atoms with Crippen molar-refractivity contribution in [1.29, 1.82) is 0 Å². The lowest BCUT2D eigenvalue weighted by Crippen LogP contribution is -2.40. The van der Waals surface area contributed by atoms with Crippen LogP contribution in [0.3, 0.4) is 0 Å². The molecule has 0 spiro atoms. The van der Waals surface area contributed by atoms with E-state index in [9.17, 15) is 0 Å². The molecule has 1 aliphatic carbocycles. The van der Waals surface area contributed by atoms with E-state index in [-0.39, 0.29) is 12.2 Å². The summed E-state index contributed by atoms with van der Waals surface area (Å²) in [6.07, 6.45) is 7.58. The number of para-hydroxylation sites is 3. The zero-order valence-corrected chi connectivity index (χ0v) is 27.3. The van der Waals surface area contributed by atoms with Gasteiger partial charge >= 0.3 is 0 Å². The topological polar surface area (TPSA) is 46.6 Å². The minimum atomic E-state index is -0.239. The average molecular weight is 644 g/mol. The number of nitrogens with zero attached hydrogens (tertiary/aromatic N) is 4. The predicted molar refractivity (Wildman–Crippen MR) is 208 cm³/mol. The molecule has 0 saturated carbocycles. The second kappa shape index (κ2) is 11.6. The molecule has 6 aromatic carbocycles. The van der Waals surface area contributed by atoms with E-state index in [2.05, 4.69) is 148 Å². The molecule has 0 saturated heterocycles. The van der Waals surface area contributed by atoms with E-state index < -0.39 is 0 Å². The van der Waals surface area contributed by atoms with Crippen molar-refractivity contribution >= 4 is 55.3 Å². The number of amidine groups is 2. The molecule has 5 nitrogen and oxygen atoms in total. The summed E-state index contributed by atoms with van der Waals surface area (Å²) < 4.78 is 4.94. The molecule has 10 rings (SSSR count). The maximum Gasteiger partial charge on any atom is 0.159 e. The third-order valence-electron chi connectivity index (χ3n) is 10.1. The third kappa shape index (κ3) is 4.62. The number of aliphatic imine (C=N–C) groups is 2. The van der Waals surface area contributed by atoms with E-state index in [0.29, 0.717) is 0 Å². The zero-order chi connectivity index (χ0) is 33.0. The molecule has 1 aliphatic heterocycles. The zero-order valence-electron chi connectivity index (χ0n) is 27.3. The maximum absolute atomic E-state index is 5.12. The van der Waals surface area contributed by atoms with Gasteiger partial charge in [0.05, 0.1) is 22.6 Å². The van der Waals surface area contributed by atoms with Crippen LogP contribution < -0.4 is 5.32 Å². The van der Waals surface area contributed by atoms with Crippen LogP contribution in [0, 0.1) is 0 Å². The first-order chi connectivity index (χ1) is 24.8. The fourth-order valence-corrected chi connectivity index (χ4v) is 7.77. The molecule has 1 N–H and O–H groups in total. The molecule has 50 heavy (non-hydrogen) atoms. The Bertz CT molecular complexity index is 2690. The van der Waals surface area contributed by atoms with Crippen molar-refractivity contribution in [2.45, 2.75) is 18.6 Å². The van der Waals surface area contributed by atoms with E-state index in [1.54, 1.807) is 0 Å². The van der Waals surface area contributed by atoms with Gasteiger partial charge in [-0.05, 0) is 48.4 Å². The van der Waals surface area contributed by atoms with Crippen molar-refractivity contribution in [3.8, 4) is 5.69 Å². The quantitative estimate of drug-likeness (QED) is 0.199. The van der Waals surface area contributed by atoms with Crippen LogP contribution in [-0.2, 0) is 0 Å². The highest BCUT2D eigenvalue weighted by atomic mass is 15.2. The van der Waals surface area contributed by atoms with Gasteiger partial charge in [0, 0.05) is 43.9 Å². The van der Waals surface area contributed by atoms with Gasteiger partial charge in [0.25, 0.3) is 0 Å². The standard InChI is InChI=1S/C45H33N5/c1-4-14-30(15-5-1)43-46-44(31-16-6-2-7-17-31)48-45(47-43)32-24-26-34(27-25-32)50-40-23-13-11-21-36(40)38-28-41-37(29-42(38)50)35-20-10-12-22-39(35)49(41)33-18-8-3-9-19-33/h1-26,28-29,34,45H,27H2,(H,46,47,48). The SMILES string of the molecule is C1=CC(n2c3ccccc3c3cc4c(cc32)c2ccccc2n4-c2ccccc2)CC=C1C1N=C(c2ccccc2)N=C(c2ccccc2)N1. The van der Waals surface area contributed by atoms with E-state index in [0.717, 1.165) is 34.8 Å². The van der Waals surface area contributed by atoms with Gasteiger partial charge in [-0.2, -0.15) is 0 Å². The summed E-state index contributed by atoms with van der Waals surface area (Å²) in [5.74, 6) is 1.58. The molecule has 3 heterocycles. The Kier molecular flexibility index (Phi) is 6.62. The second-order valence-electron chi connectivity index (χ2n) is 13.0. The molecule has 2 aliphatic rings. The summed E-state index contributed by atoms with van der Waals surface area (Å²) in [5.41, 5.74) is 9.31. The van der Waals surface area contributed by atoms with Crippen molar-refractivity contribution in [2.24, 2.45) is 9.98 Å². The molecule has 0 fully saturated rings. The molecule has 0 amide bonds. The van der Waals surface area contributed by atoms with Gasteiger partial charge in [-0.3, -0.25) is 0 Å². The Hall–Kier alpha value is -6.46. The van der Waals surface area contributed by atoms with Crippen LogP contribution in [-0.4, -0.2) is 27.0 Å². The summed E-state index contributed by atoms with van der Waals surface area (Å²) in [6.45, 7) is 0. The van der Waals surface area contributed by atoms with Crippen LogP contribution in [0.15, 0.2) is 185 Å². The van der Waals surface area contributed by atoms with Crippen molar-refractivity contribution in [1.82, 2.24) is 14.5 Å². The summed E-state index contributed by atoms with van der Waals surface area (Å²) >= 11 is 0. The van der Waals surface area contributed by atoms with Gasteiger partial charge < -0.3 is 14.5 Å². The molecule has 2 unspecified atom stereocenters. The molecule has 238 valence electrons. The summed E-state index contributed by atoms with van der Waals surface area (Å²) in [5, 5.41) is 8.70. The molecule has 2 aromatic heterocycles. The Balaban J connectivity index is 1.07. The molecule has 0 radical (unpaired) electrons. The number of hydrogen-bond donors (Lipinski definition) is 1. The first-order valence-corrected chi connectivity index (χ1v) is 17.2. The van der Waals surface area contributed by atoms with Gasteiger partial charge in [-0.15, -0.1) is 0 Å². The van der Waals surface area contributed by atoms with Gasteiger partial charge in [-0.1, -0.05) is 133 Å². The first kappa shape index (κ1) is 28.5. The monoisotopic (exact) mass is 643 g/mol. The van der Waals surface area contributed by atoms with Crippen molar-refractivity contribution < 1.29 is 0 Å². The van der Waals surface area contributed by atoms with Gasteiger partial charge in [0.2, 0.25) is 0 Å². The largest absolute Gasteiger partial charge is 0.344 e. The lowest BCUT2D eigenvalue weighted by atomic mass is 9.99. The van der Waals surface area contributed by atoms with Crippen LogP contribution in [0.25, 0.3) is 49.3 Å². The average Bonchev–Trinajstić information content (AvgIpc) is 3.70. The number of aromatic nitrogens is 2. The fourth-order valence-electron chi connectivity index (χ4n) is 7.77. The fraction of sp³-hybridized carbons (Fsp3) is 0.0667. The van der Waals surface area contributed by atoms with Crippen LogP contribution in [0.1, 0.15) is 23.6 Å². The number of hydrogen-bond acceptors (Lipinski definition) is 3. The number of rotatable bonds is 5. The molecular weight excluding hydrogens is 611 g/mol. The molecule has 2 atom stereocenters. The Morgan fingerprint density at radius 1 is 0.560 bits per heavy atom. The van der Waals surface area contributed by atoms with Gasteiger partial charge in [0.1, 0.15) is 12.0 Å². The van der Waals surface area contributed by atoms with Gasteiger partial charge in [-0.25, -0.2) is 9.98 Å². The molecule has 8 aromatic rings. The highest BCUT2D eigenvalue weighted by Gasteiger charge is 2.25. The minimum absolute atomic E-state index is 0.157. The highest BCUT2D eigenvalue weighted by molar-refractivity contribution is 6.18. The Morgan fingerprint density at radius 3 is 1.88 bits per heavy atom. The molecule has 0 bridgehead atoms.